The van der Waals surface area contributed by atoms with Crippen LogP contribution in [0.5, 0.6) is 0 Å². The van der Waals surface area contributed by atoms with Gasteiger partial charge < -0.3 is 5.32 Å². The Balaban J connectivity index is 1.74. The van der Waals surface area contributed by atoms with Gasteiger partial charge in [-0.3, -0.25) is 9.78 Å². The van der Waals surface area contributed by atoms with Gasteiger partial charge in [0.2, 0.25) is 0 Å². The van der Waals surface area contributed by atoms with Crippen LogP contribution < -0.4 is 5.32 Å². The Kier molecular flexibility index (Phi) is 4.51. The lowest BCUT2D eigenvalue weighted by molar-refractivity contribution is 0.0951. The molecule has 3 nitrogen and oxygen atoms in total. The Bertz CT molecular complexity index is 770. The molecule has 2 heterocycles. The van der Waals surface area contributed by atoms with Crippen LogP contribution in [0.15, 0.2) is 60.1 Å². The van der Waals surface area contributed by atoms with Crippen molar-refractivity contribution in [2.45, 2.75) is 6.54 Å². The van der Waals surface area contributed by atoms with Gasteiger partial charge in [-0.2, -0.15) is 0 Å². The Morgan fingerprint density at radius 2 is 1.95 bits per heavy atom. The number of benzene rings is 1. The highest BCUT2D eigenvalue weighted by molar-refractivity contribution is 7.13. The zero-order chi connectivity index (χ0) is 15.4. The average Bonchev–Trinajstić information content (AvgIpc) is 3.08. The summed E-state index contributed by atoms with van der Waals surface area (Å²) in [6.45, 7) is 0.433. The number of aromatic nitrogens is 1. The molecule has 0 unspecified atom stereocenters. The number of rotatable bonds is 4. The number of nitrogens with zero attached hydrogens (tertiary/aromatic N) is 1. The first kappa shape index (κ1) is 14.8. The molecule has 5 heteroatoms. The minimum absolute atomic E-state index is 0.127. The summed E-state index contributed by atoms with van der Waals surface area (Å²) in [7, 11) is 0. The summed E-state index contributed by atoms with van der Waals surface area (Å²) in [5, 5.41) is 5.55. The molecule has 0 saturated carbocycles. The maximum Gasteiger partial charge on any atom is 0.251 e. The quantitative estimate of drug-likeness (QED) is 0.771. The van der Waals surface area contributed by atoms with E-state index in [2.05, 4.69) is 10.3 Å². The van der Waals surface area contributed by atoms with Gasteiger partial charge in [0.05, 0.1) is 10.6 Å². The maximum absolute atomic E-state index is 12.2. The fourth-order valence-electron chi connectivity index (χ4n) is 2.10. The van der Waals surface area contributed by atoms with Crippen LogP contribution in [0.4, 0.5) is 0 Å². The first-order valence-electron chi connectivity index (χ1n) is 6.75. The Morgan fingerprint density at radius 1 is 1.14 bits per heavy atom. The molecule has 0 saturated heterocycles. The van der Waals surface area contributed by atoms with E-state index in [-0.39, 0.29) is 5.91 Å². The topological polar surface area (TPSA) is 42.0 Å². The fourth-order valence-corrected chi connectivity index (χ4v) is 2.98. The molecular formula is C17H13ClN2OS. The van der Waals surface area contributed by atoms with Crippen molar-refractivity contribution >= 4 is 28.8 Å². The van der Waals surface area contributed by atoms with E-state index >= 15 is 0 Å². The summed E-state index contributed by atoms with van der Waals surface area (Å²) in [5.74, 6) is -0.127. The predicted octanol–water partition coefficient (Wildman–Crippen LogP) is 4.39. The van der Waals surface area contributed by atoms with Gasteiger partial charge in [0.25, 0.3) is 5.91 Å². The van der Waals surface area contributed by atoms with Crippen LogP contribution in [0, 0.1) is 0 Å². The van der Waals surface area contributed by atoms with E-state index < -0.39 is 0 Å². The molecule has 2 aromatic heterocycles. The lowest BCUT2D eigenvalue weighted by Gasteiger charge is -2.09. The van der Waals surface area contributed by atoms with E-state index in [1.807, 2.05) is 29.6 Å². The van der Waals surface area contributed by atoms with Crippen molar-refractivity contribution in [3.05, 3.63) is 76.3 Å². The molecule has 0 radical (unpaired) electrons. The molecule has 1 amide bonds. The average molecular weight is 329 g/mol. The van der Waals surface area contributed by atoms with Crippen molar-refractivity contribution in [1.29, 1.82) is 0 Å². The van der Waals surface area contributed by atoms with Crippen molar-refractivity contribution in [2.75, 3.05) is 0 Å². The summed E-state index contributed by atoms with van der Waals surface area (Å²) in [6.07, 6.45) is 1.76. The number of halogens is 1. The lowest BCUT2D eigenvalue weighted by Crippen LogP contribution is -2.23. The molecule has 110 valence electrons. The largest absolute Gasteiger partial charge is 0.348 e. The Hall–Kier alpha value is -2.17. The molecule has 1 N–H and O–H groups in total. The van der Waals surface area contributed by atoms with Crippen molar-refractivity contribution in [1.82, 2.24) is 10.3 Å². The standard InChI is InChI=1S/C17H13ClN2OS/c18-14-7-5-12(6-8-14)17(21)20-11-13-3-1-9-19-16(13)15-4-2-10-22-15/h1-10H,11H2,(H,20,21). The molecule has 0 fully saturated rings. The first-order valence-corrected chi connectivity index (χ1v) is 8.01. The SMILES string of the molecule is O=C(NCc1cccnc1-c1cccs1)c1ccc(Cl)cc1. The van der Waals surface area contributed by atoms with Crippen molar-refractivity contribution in [3.8, 4) is 10.6 Å². The molecule has 0 aliphatic heterocycles. The Morgan fingerprint density at radius 3 is 2.68 bits per heavy atom. The molecule has 1 aromatic carbocycles. The number of hydrogen-bond donors (Lipinski definition) is 1. The highest BCUT2D eigenvalue weighted by Gasteiger charge is 2.09. The predicted molar refractivity (Wildman–Crippen MR) is 90.2 cm³/mol. The van der Waals surface area contributed by atoms with Gasteiger partial charge in [-0.15, -0.1) is 11.3 Å². The number of hydrogen-bond acceptors (Lipinski definition) is 3. The highest BCUT2D eigenvalue weighted by atomic mass is 35.5. The number of carbonyl (C=O) groups is 1. The number of amides is 1. The second kappa shape index (κ2) is 6.73. The molecule has 22 heavy (non-hydrogen) atoms. The van der Waals surface area contributed by atoms with Gasteiger partial charge in [0, 0.05) is 23.3 Å². The summed E-state index contributed by atoms with van der Waals surface area (Å²) >= 11 is 7.46. The molecule has 0 aliphatic rings. The number of pyridine rings is 1. The van der Waals surface area contributed by atoms with E-state index in [1.54, 1.807) is 41.8 Å². The van der Waals surface area contributed by atoms with Crippen molar-refractivity contribution < 1.29 is 4.79 Å². The molecule has 0 atom stereocenters. The second-order valence-electron chi connectivity index (χ2n) is 4.68. The lowest BCUT2D eigenvalue weighted by atomic mass is 10.1. The summed E-state index contributed by atoms with van der Waals surface area (Å²) in [5.41, 5.74) is 2.49. The van der Waals surface area contributed by atoms with Gasteiger partial charge in [-0.1, -0.05) is 23.7 Å². The third-order valence-corrected chi connectivity index (χ3v) is 4.32. The maximum atomic E-state index is 12.2. The van der Waals surface area contributed by atoms with Crippen LogP contribution in [0.25, 0.3) is 10.6 Å². The fraction of sp³-hybridized carbons (Fsp3) is 0.0588. The summed E-state index contributed by atoms with van der Waals surface area (Å²) in [6, 6.07) is 14.7. The first-order chi connectivity index (χ1) is 10.7. The van der Waals surface area contributed by atoms with Crippen LogP contribution in [0.2, 0.25) is 5.02 Å². The third kappa shape index (κ3) is 3.35. The van der Waals surface area contributed by atoms with E-state index in [0.717, 1.165) is 16.1 Å². The van der Waals surface area contributed by atoms with E-state index in [0.29, 0.717) is 17.1 Å². The minimum Gasteiger partial charge on any atom is -0.348 e. The van der Waals surface area contributed by atoms with Crippen molar-refractivity contribution in [3.63, 3.8) is 0 Å². The van der Waals surface area contributed by atoms with Crippen LogP contribution in [-0.4, -0.2) is 10.9 Å². The van der Waals surface area contributed by atoms with Crippen molar-refractivity contribution in [2.24, 2.45) is 0 Å². The Labute approximate surface area is 137 Å². The number of carbonyl (C=O) groups excluding carboxylic acids is 1. The highest BCUT2D eigenvalue weighted by Crippen LogP contribution is 2.25. The molecule has 3 aromatic rings. The van der Waals surface area contributed by atoms with Gasteiger partial charge in [0.1, 0.15) is 0 Å². The molecular weight excluding hydrogens is 316 g/mol. The molecule has 0 bridgehead atoms. The van der Waals surface area contributed by atoms with Crippen LogP contribution in [0.3, 0.4) is 0 Å². The molecule has 0 spiro atoms. The van der Waals surface area contributed by atoms with E-state index in [4.69, 9.17) is 11.6 Å². The third-order valence-electron chi connectivity index (χ3n) is 3.19. The second-order valence-corrected chi connectivity index (χ2v) is 6.06. The zero-order valence-electron chi connectivity index (χ0n) is 11.6. The molecule has 3 rings (SSSR count). The van der Waals surface area contributed by atoms with E-state index in [1.165, 1.54) is 0 Å². The smallest absolute Gasteiger partial charge is 0.251 e. The number of nitrogens with one attached hydrogen (secondary N) is 1. The minimum atomic E-state index is -0.127. The van der Waals surface area contributed by atoms with Gasteiger partial charge >= 0.3 is 0 Å². The van der Waals surface area contributed by atoms with Gasteiger partial charge in [-0.25, -0.2) is 0 Å². The van der Waals surface area contributed by atoms with Crippen LogP contribution in [0.1, 0.15) is 15.9 Å². The molecule has 0 aliphatic carbocycles. The van der Waals surface area contributed by atoms with Gasteiger partial charge in [-0.05, 0) is 47.3 Å². The summed E-state index contributed by atoms with van der Waals surface area (Å²) < 4.78 is 0. The van der Waals surface area contributed by atoms with E-state index in [9.17, 15) is 4.79 Å². The normalized spacial score (nSPS) is 10.4. The van der Waals surface area contributed by atoms with Crippen LogP contribution in [-0.2, 0) is 6.54 Å². The van der Waals surface area contributed by atoms with Gasteiger partial charge in [0.15, 0.2) is 0 Å². The summed E-state index contributed by atoms with van der Waals surface area (Å²) in [4.78, 5) is 17.7. The number of thiophene rings is 1. The monoisotopic (exact) mass is 328 g/mol. The van der Waals surface area contributed by atoms with Crippen LogP contribution >= 0.6 is 22.9 Å². The zero-order valence-corrected chi connectivity index (χ0v) is 13.2.